The van der Waals surface area contributed by atoms with Crippen LogP contribution in [0.25, 0.3) is 11.1 Å². The SMILES string of the molecule is CCOP(C)Cc1ccc(-c2ccccc2C#N)cn1. The lowest BCUT2D eigenvalue weighted by Gasteiger charge is -2.11. The zero-order valence-electron chi connectivity index (χ0n) is 11.7. The molecule has 0 aliphatic carbocycles. The van der Waals surface area contributed by atoms with Crippen LogP contribution in [-0.2, 0) is 10.7 Å². The summed E-state index contributed by atoms with van der Waals surface area (Å²) in [5, 5.41) is 9.13. The van der Waals surface area contributed by atoms with E-state index in [4.69, 9.17) is 9.79 Å². The molecular formula is C16H17N2OP. The van der Waals surface area contributed by atoms with Crippen molar-refractivity contribution in [2.24, 2.45) is 0 Å². The topological polar surface area (TPSA) is 45.9 Å². The molecule has 0 saturated carbocycles. The Hall–Kier alpha value is -1.75. The van der Waals surface area contributed by atoms with E-state index in [-0.39, 0.29) is 0 Å². The van der Waals surface area contributed by atoms with Crippen molar-refractivity contribution in [1.82, 2.24) is 4.98 Å². The van der Waals surface area contributed by atoms with Gasteiger partial charge < -0.3 is 4.52 Å². The fourth-order valence-electron chi connectivity index (χ4n) is 2.00. The molecule has 3 nitrogen and oxygen atoms in total. The van der Waals surface area contributed by atoms with Gasteiger partial charge in [0.2, 0.25) is 0 Å². The lowest BCUT2D eigenvalue weighted by Crippen LogP contribution is -1.92. The Kier molecular flexibility index (Phi) is 5.24. The van der Waals surface area contributed by atoms with Crippen LogP contribution < -0.4 is 0 Å². The van der Waals surface area contributed by atoms with Gasteiger partial charge in [0.15, 0.2) is 0 Å². The number of hydrogen-bond acceptors (Lipinski definition) is 3. The summed E-state index contributed by atoms with van der Waals surface area (Å²) >= 11 is 0. The molecule has 0 bridgehead atoms. The van der Waals surface area contributed by atoms with Crippen molar-refractivity contribution in [3.63, 3.8) is 0 Å². The summed E-state index contributed by atoms with van der Waals surface area (Å²) in [7, 11) is -0.445. The molecule has 102 valence electrons. The van der Waals surface area contributed by atoms with Crippen LogP contribution in [-0.4, -0.2) is 18.3 Å². The molecule has 0 N–H and O–H groups in total. The molecule has 0 aliphatic heterocycles. The van der Waals surface area contributed by atoms with E-state index in [9.17, 15) is 0 Å². The highest BCUT2D eigenvalue weighted by Gasteiger charge is 2.07. The molecule has 1 unspecified atom stereocenters. The zero-order chi connectivity index (χ0) is 14.4. The van der Waals surface area contributed by atoms with Crippen LogP contribution in [0.2, 0.25) is 0 Å². The van der Waals surface area contributed by atoms with Gasteiger partial charge >= 0.3 is 0 Å². The number of benzene rings is 1. The Balaban J connectivity index is 2.18. The summed E-state index contributed by atoms with van der Waals surface area (Å²) in [6.07, 6.45) is 2.70. The van der Waals surface area contributed by atoms with Crippen molar-refractivity contribution < 1.29 is 4.52 Å². The molecule has 1 aromatic heterocycles. The molecule has 1 heterocycles. The normalized spacial score (nSPS) is 11.8. The van der Waals surface area contributed by atoms with Gasteiger partial charge in [0.25, 0.3) is 0 Å². The van der Waals surface area contributed by atoms with Crippen molar-refractivity contribution >= 4 is 8.15 Å². The van der Waals surface area contributed by atoms with E-state index in [0.717, 1.165) is 29.6 Å². The minimum Gasteiger partial charge on any atom is -0.359 e. The monoisotopic (exact) mass is 284 g/mol. The highest BCUT2D eigenvalue weighted by Crippen LogP contribution is 2.36. The van der Waals surface area contributed by atoms with Gasteiger partial charge in [0, 0.05) is 43.9 Å². The summed E-state index contributed by atoms with van der Waals surface area (Å²) in [6, 6.07) is 13.8. The third-order valence-electron chi connectivity index (χ3n) is 2.92. The predicted octanol–water partition coefficient (Wildman–Crippen LogP) is 4.18. The maximum atomic E-state index is 9.13. The molecule has 2 rings (SSSR count). The number of nitriles is 1. The molecule has 0 amide bonds. The average molecular weight is 284 g/mol. The summed E-state index contributed by atoms with van der Waals surface area (Å²) in [5.74, 6) is 0. The van der Waals surface area contributed by atoms with Crippen LogP contribution in [0, 0.1) is 11.3 Å². The van der Waals surface area contributed by atoms with Crippen LogP contribution in [0.5, 0.6) is 0 Å². The molecule has 20 heavy (non-hydrogen) atoms. The minimum absolute atomic E-state index is 0.445. The van der Waals surface area contributed by atoms with Gasteiger partial charge in [0.05, 0.1) is 11.6 Å². The van der Waals surface area contributed by atoms with E-state index in [2.05, 4.69) is 17.7 Å². The van der Waals surface area contributed by atoms with Gasteiger partial charge in [-0.2, -0.15) is 5.26 Å². The molecule has 2 aromatic rings. The maximum Gasteiger partial charge on any atom is 0.0998 e. The van der Waals surface area contributed by atoms with E-state index in [1.807, 2.05) is 49.5 Å². The lowest BCUT2D eigenvalue weighted by molar-refractivity contribution is 0.379. The number of hydrogen-bond donors (Lipinski definition) is 0. The second kappa shape index (κ2) is 7.14. The van der Waals surface area contributed by atoms with Crippen LogP contribution in [0.15, 0.2) is 42.6 Å². The van der Waals surface area contributed by atoms with Crippen molar-refractivity contribution in [2.45, 2.75) is 13.1 Å². The van der Waals surface area contributed by atoms with Gasteiger partial charge in [0.1, 0.15) is 0 Å². The minimum atomic E-state index is -0.445. The van der Waals surface area contributed by atoms with Gasteiger partial charge in [-0.05, 0) is 25.7 Å². The molecule has 0 fully saturated rings. The molecule has 0 saturated heterocycles. The second-order valence-corrected chi connectivity index (χ2v) is 6.23. The van der Waals surface area contributed by atoms with Gasteiger partial charge in [-0.25, -0.2) is 0 Å². The lowest BCUT2D eigenvalue weighted by atomic mass is 10.0. The van der Waals surface area contributed by atoms with E-state index in [0.29, 0.717) is 5.56 Å². The van der Waals surface area contributed by atoms with Gasteiger partial charge in [-0.15, -0.1) is 0 Å². The molecule has 0 spiro atoms. The Morgan fingerprint density at radius 1 is 1.25 bits per heavy atom. The van der Waals surface area contributed by atoms with Crippen LogP contribution in [0.3, 0.4) is 0 Å². The predicted molar refractivity (Wildman–Crippen MR) is 82.6 cm³/mol. The quantitative estimate of drug-likeness (QED) is 0.774. The average Bonchev–Trinajstić information content (AvgIpc) is 2.48. The molecule has 0 aliphatic rings. The maximum absolute atomic E-state index is 9.13. The first-order valence-corrected chi connectivity index (χ1v) is 8.42. The number of rotatable bonds is 5. The van der Waals surface area contributed by atoms with Gasteiger partial charge in [-0.1, -0.05) is 24.3 Å². The Morgan fingerprint density at radius 3 is 2.70 bits per heavy atom. The highest BCUT2D eigenvalue weighted by atomic mass is 31.1. The fraction of sp³-hybridized carbons (Fsp3) is 0.250. The van der Waals surface area contributed by atoms with Crippen molar-refractivity contribution in [3.8, 4) is 17.2 Å². The van der Waals surface area contributed by atoms with E-state index >= 15 is 0 Å². The second-order valence-electron chi connectivity index (χ2n) is 4.40. The molecule has 1 atom stereocenters. The highest BCUT2D eigenvalue weighted by molar-refractivity contribution is 7.50. The van der Waals surface area contributed by atoms with Crippen molar-refractivity contribution in [1.29, 1.82) is 5.26 Å². The number of nitrogens with zero attached hydrogens (tertiary/aromatic N) is 2. The van der Waals surface area contributed by atoms with Crippen LogP contribution in [0.4, 0.5) is 0 Å². The Labute approximate surface area is 121 Å². The largest absolute Gasteiger partial charge is 0.359 e. The fourth-order valence-corrected chi connectivity index (χ4v) is 3.18. The molecular weight excluding hydrogens is 267 g/mol. The first kappa shape index (κ1) is 14.7. The first-order chi connectivity index (χ1) is 9.74. The standard InChI is InChI=1S/C16H17N2OP/c1-3-19-20(2)12-15-9-8-14(11-18-15)16-7-5-4-6-13(16)10-17/h4-9,11H,3,12H2,1-2H3. The molecule has 1 aromatic carbocycles. The summed E-state index contributed by atoms with van der Waals surface area (Å²) in [4.78, 5) is 4.48. The summed E-state index contributed by atoms with van der Waals surface area (Å²) in [6.45, 7) is 4.86. The van der Waals surface area contributed by atoms with Crippen LogP contribution in [0.1, 0.15) is 18.2 Å². The van der Waals surface area contributed by atoms with Crippen molar-refractivity contribution in [2.75, 3.05) is 13.3 Å². The first-order valence-electron chi connectivity index (χ1n) is 6.53. The summed E-state index contributed by atoms with van der Waals surface area (Å²) in [5.41, 5.74) is 3.61. The zero-order valence-corrected chi connectivity index (χ0v) is 12.6. The third kappa shape index (κ3) is 3.63. The Morgan fingerprint density at radius 2 is 2.05 bits per heavy atom. The third-order valence-corrected chi connectivity index (χ3v) is 4.39. The van der Waals surface area contributed by atoms with Gasteiger partial charge in [-0.3, -0.25) is 4.98 Å². The van der Waals surface area contributed by atoms with E-state index in [1.54, 1.807) is 0 Å². The van der Waals surface area contributed by atoms with E-state index < -0.39 is 8.15 Å². The number of aromatic nitrogens is 1. The molecule has 4 heteroatoms. The van der Waals surface area contributed by atoms with Crippen molar-refractivity contribution in [3.05, 3.63) is 53.9 Å². The smallest absolute Gasteiger partial charge is 0.0998 e. The van der Waals surface area contributed by atoms with Crippen LogP contribution >= 0.6 is 8.15 Å². The molecule has 0 radical (unpaired) electrons. The van der Waals surface area contributed by atoms with E-state index in [1.165, 1.54) is 0 Å². The Bertz CT molecular complexity index is 605. The summed E-state index contributed by atoms with van der Waals surface area (Å²) < 4.78 is 5.58. The number of pyridine rings is 1.